The third kappa shape index (κ3) is 3.07. The van der Waals surface area contributed by atoms with Gasteiger partial charge in [0.25, 0.3) is 0 Å². The lowest BCUT2D eigenvalue weighted by Crippen LogP contribution is -2.12. The minimum Gasteiger partial charge on any atom is -0.373 e. The molecular formula is C16H22N4. The summed E-state index contributed by atoms with van der Waals surface area (Å²) in [5.74, 6) is 2.14. The highest BCUT2D eigenvalue weighted by Gasteiger charge is 2.16. The number of benzene rings is 1. The van der Waals surface area contributed by atoms with Crippen LogP contribution in [0.3, 0.4) is 0 Å². The van der Waals surface area contributed by atoms with Crippen molar-refractivity contribution in [2.24, 2.45) is 0 Å². The summed E-state index contributed by atoms with van der Waals surface area (Å²) in [4.78, 5) is 8.71. The molecule has 2 rings (SSSR count). The molecule has 0 aliphatic rings. The third-order valence-electron chi connectivity index (χ3n) is 3.35. The highest BCUT2D eigenvalue weighted by atomic mass is 15.1. The lowest BCUT2D eigenvalue weighted by atomic mass is 10.0. The predicted molar refractivity (Wildman–Crippen MR) is 84.1 cm³/mol. The molecule has 2 aromatic rings. The average Bonchev–Trinajstić information content (AvgIpc) is 2.47. The van der Waals surface area contributed by atoms with Crippen LogP contribution in [-0.4, -0.2) is 17.0 Å². The smallest absolute Gasteiger partial charge is 0.135 e. The van der Waals surface area contributed by atoms with Crippen LogP contribution in [0.4, 0.5) is 11.6 Å². The van der Waals surface area contributed by atoms with Crippen molar-refractivity contribution in [3.8, 4) is 0 Å². The van der Waals surface area contributed by atoms with Gasteiger partial charge in [-0.2, -0.15) is 0 Å². The van der Waals surface area contributed by atoms with Crippen LogP contribution in [0.2, 0.25) is 0 Å². The lowest BCUT2D eigenvalue weighted by Gasteiger charge is -2.20. The first kappa shape index (κ1) is 14.3. The standard InChI is InChI=1S/C16H22N4/c1-11(2)14-15(17-4)18-10-19-16(14)20-12(3)13-8-6-5-7-9-13/h5-12H,1-4H3,(H2,17,18,19,20). The summed E-state index contributed by atoms with van der Waals surface area (Å²) in [6, 6.07) is 10.6. The van der Waals surface area contributed by atoms with Crippen molar-refractivity contribution in [1.82, 2.24) is 9.97 Å². The summed E-state index contributed by atoms with van der Waals surface area (Å²) < 4.78 is 0. The van der Waals surface area contributed by atoms with Gasteiger partial charge in [-0.25, -0.2) is 9.97 Å². The van der Waals surface area contributed by atoms with Crippen LogP contribution in [0.15, 0.2) is 36.7 Å². The lowest BCUT2D eigenvalue weighted by molar-refractivity contribution is 0.820. The van der Waals surface area contributed by atoms with E-state index in [-0.39, 0.29) is 6.04 Å². The predicted octanol–water partition coefficient (Wildman–Crippen LogP) is 3.81. The van der Waals surface area contributed by atoms with E-state index in [0.29, 0.717) is 5.92 Å². The Morgan fingerprint density at radius 2 is 1.60 bits per heavy atom. The monoisotopic (exact) mass is 270 g/mol. The fraction of sp³-hybridized carbons (Fsp3) is 0.375. The quantitative estimate of drug-likeness (QED) is 0.867. The number of anilines is 2. The van der Waals surface area contributed by atoms with E-state index in [1.54, 1.807) is 6.33 Å². The Labute approximate surface area is 120 Å². The largest absolute Gasteiger partial charge is 0.373 e. The summed E-state index contributed by atoms with van der Waals surface area (Å²) >= 11 is 0. The van der Waals surface area contributed by atoms with Crippen molar-refractivity contribution in [3.63, 3.8) is 0 Å². The molecule has 1 atom stereocenters. The Bertz CT molecular complexity index is 552. The Balaban J connectivity index is 2.29. The van der Waals surface area contributed by atoms with E-state index in [2.05, 4.69) is 65.6 Å². The molecule has 1 aromatic heterocycles. The topological polar surface area (TPSA) is 49.8 Å². The van der Waals surface area contributed by atoms with Gasteiger partial charge in [-0.05, 0) is 18.4 Å². The van der Waals surface area contributed by atoms with Crippen molar-refractivity contribution in [2.45, 2.75) is 32.7 Å². The van der Waals surface area contributed by atoms with Gasteiger partial charge >= 0.3 is 0 Å². The van der Waals surface area contributed by atoms with Gasteiger partial charge in [0.15, 0.2) is 0 Å². The Morgan fingerprint density at radius 1 is 0.950 bits per heavy atom. The van der Waals surface area contributed by atoms with E-state index >= 15 is 0 Å². The van der Waals surface area contributed by atoms with Crippen LogP contribution in [0.5, 0.6) is 0 Å². The van der Waals surface area contributed by atoms with E-state index in [1.807, 2.05) is 13.1 Å². The van der Waals surface area contributed by atoms with E-state index in [4.69, 9.17) is 0 Å². The first-order chi connectivity index (χ1) is 9.63. The van der Waals surface area contributed by atoms with Crippen LogP contribution in [0, 0.1) is 0 Å². The molecule has 1 aromatic carbocycles. The van der Waals surface area contributed by atoms with Gasteiger partial charge in [-0.3, -0.25) is 0 Å². The van der Waals surface area contributed by atoms with Gasteiger partial charge in [-0.15, -0.1) is 0 Å². The molecule has 0 spiro atoms. The fourth-order valence-corrected chi connectivity index (χ4v) is 2.29. The molecule has 106 valence electrons. The minimum absolute atomic E-state index is 0.202. The van der Waals surface area contributed by atoms with Gasteiger partial charge in [0.1, 0.15) is 18.0 Å². The molecule has 1 unspecified atom stereocenters. The second-order valence-corrected chi connectivity index (χ2v) is 5.17. The summed E-state index contributed by atoms with van der Waals surface area (Å²) in [7, 11) is 1.89. The minimum atomic E-state index is 0.202. The molecule has 0 aliphatic carbocycles. The molecule has 1 heterocycles. The van der Waals surface area contributed by atoms with Crippen molar-refractivity contribution < 1.29 is 0 Å². The average molecular weight is 270 g/mol. The van der Waals surface area contributed by atoms with Crippen molar-refractivity contribution in [1.29, 1.82) is 0 Å². The zero-order valence-corrected chi connectivity index (χ0v) is 12.5. The third-order valence-corrected chi connectivity index (χ3v) is 3.35. The maximum Gasteiger partial charge on any atom is 0.135 e. The van der Waals surface area contributed by atoms with E-state index in [9.17, 15) is 0 Å². The Hall–Kier alpha value is -2.10. The van der Waals surface area contributed by atoms with Gasteiger partial charge in [-0.1, -0.05) is 44.2 Å². The number of nitrogens with zero attached hydrogens (tertiary/aromatic N) is 2. The van der Waals surface area contributed by atoms with Crippen molar-refractivity contribution in [2.75, 3.05) is 17.7 Å². The van der Waals surface area contributed by atoms with E-state index < -0.39 is 0 Å². The van der Waals surface area contributed by atoms with Crippen LogP contribution in [0.25, 0.3) is 0 Å². The number of aromatic nitrogens is 2. The molecule has 0 fully saturated rings. The first-order valence-electron chi connectivity index (χ1n) is 6.97. The normalized spacial score (nSPS) is 12.2. The molecule has 0 saturated carbocycles. The van der Waals surface area contributed by atoms with Gasteiger partial charge in [0.05, 0.1) is 0 Å². The second kappa shape index (κ2) is 6.37. The highest BCUT2D eigenvalue weighted by Crippen LogP contribution is 2.30. The molecule has 4 heteroatoms. The second-order valence-electron chi connectivity index (χ2n) is 5.17. The first-order valence-corrected chi connectivity index (χ1v) is 6.97. The number of nitrogens with one attached hydrogen (secondary N) is 2. The maximum absolute atomic E-state index is 4.41. The van der Waals surface area contributed by atoms with Gasteiger partial charge < -0.3 is 10.6 Å². The molecule has 4 nitrogen and oxygen atoms in total. The van der Waals surface area contributed by atoms with Crippen LogP contribution in [-0.2, 0) is 0 Å². The zero-order chi connectivity index (χ0) is 14.5. The molecule has 2 N–H and O–H groups in total. The fourth-order valence-electron chi connectivity index (χ4n) is 2.29. The maximum atomic E-state index is 4.41. The summed E-state index contributed by atoms with van der Waals surface area (Å²) in [5.41, 5.74) is 2.37. The summed E-state index contributed by atoms with van der Waals surface area (Å²) in [6.07, 6.45) is 1.60. The van der Waals surface area contributed by atoms with Crippen molar-refractivity contribution in [3.05, 3.63) is 47.8 Å². The molecule has 0 bridgehead atoms. The van der Waals surface area contributed by atoms with Crippen molar-refractivity contribution >= 4 is 11.6 Å². The molecule has 20 heavy (non-hydrogen) atoms. The van der Waals surface area contributed by atoms with Crippen LogP contribution < -0.4 is 10.6 Å². The van der Waals surface area contributed by atoms with Gasteiger partial charge in [0.2, 0.25) is 0 Å². The van der Waals surface area contributed by atoms with Crippen LogP contribution >= 0.6 is 0 Å². The van der Waals surface area contributed by atoms with Gasteiger partial charge in [0, 0.05) is 18.7 Å². The van der Waals surface area contributed by atoms with E-state index in [1.165, 1.54) is 5.56 Å². The Kier molecular flexibility index (Phi) is 4.56. The van der Waals surface area contributed by atoms with Crippen LogP contribution in [0.1, 0.15) is 43.9 Å². The number of hydrogen-bond donors (Lipinski definition) is 2. The number of hydrogen-bond acceptors (Lipinski definition) is 4. The molecule has 0 aliphatic heterocycles. The summed E-state index contributed by atoms with van der Waals surface area (Å²) in [5, 5.41) is 6.63. The number of rotatable bonds is 5. The molecule has 0 saturated heterocycles. The SMILES string of the molecule is CNc1ncnc(NC(C)c2ccccc2)c1C(C)C. The highest BCUT2D eigenvalue weighted by molar-refractivity contribution is 5.59. The molecule has 0 amide bonds. The van der Waals surface area contributed by atoms with E-state index in [0.717, 1.165) is 17.2 Å². The zero-order valence-electron chi connectivity index (χ0n) is 12.5. The molecule has 0 radical (unpaired) electrons. The Morgan fingerprint density at radius 3 is 2.20 bits per heavy atom. The summed E-state index contributed by atoms with van der Waals surface area (Å²) in [6.45, 7) is 6.44. The molecular weight excluding hydrogens is 248 g/mol.